The maximum Gasteiger partial charge on any atom is 0.137 e. The summed E-state index contributed by atoms with van der Waals surface area (Å²) >= 11 is 6.22. The molecule has 0 bridgehead atoms. The van der Waals surface area contributed by atoms with E-state index in [0.717, 1.165) is 18.7 Å². The highest BCUT2D eigenvalue weighted by Gasteiger charge is 2.29. The van der Waals surface area contributed by atoms with Gasteiger partial charge in [0.05, 0.1) is 12.1 Å². The van der Waals surface area contributed by atoms with Crippen LogP contribution in [-0.4, -0.2) is 56.7 Å². The lowest BCUT2D eigenvalue weighted by Gasteiger charge is -2.28. The summed E-state index contributed by atoms with van der Waals surface area (Å²) in [6, 6.07) is 6.78. The number of hydrogen-bond acceptors (Lipinski definition) is 4. The van der Waals surface area contributed by atoms with Crippen LogP contribution in [0.25, 0.3) is 0 Å². The lowest BCUT2D eigenvalue weighted by Crippen LogP contribution is -2.36. The van der Waals surface area contributed by atoms with Crippen molar-refractivity contribution in [1.82, 2.24) is 9.80 Å². The molecule has 1 aromatic carbocycles. The molecule has 0 aliphatic carbocycles. The molecule has 0 aromatic heterocycles. The summed E-state index contributed by atoms with van der Waals surface area (Å²) in [5.41, 5.74) is 7.16. The van der Waals surface area contributed by atoms with Crippen LogP contribution >= 0.6 is 11.6 Å². The zero-order chi connectivity index (χ0) is 14.7. The average Bonchev–Trinajstić information content (AvgIpc) is 2.89. The number of likely N-dealkylation sites (tertiary alicyclic amines) is 1. The summed E-state index contributed by atoms with van der Waals surface area (Å²) < 4.78 is 5.20. The maximum absolute atomic E-state index is 6.22. The fourth-order valence-corrected chi connectivity index (χ4v) is 3.12. The van der Waals surface area contributed by atoms with Crippen molar-refractivity contribution in [1.29, 1.82) is 0 Å². The predicted molar refractivity (Wildman–Crippen MR) is 83.5 cm³/mol. The number of ether oxygens (including phenoxy) is 1. The Morgan fingerprint density at radius 2 is 2.25 bits per heavy atom. The van der Waals surface area contributed by atoms with E-state index in [-0.39, 0.29) is 6.04 Å². The molecule has 112 valence electrons. The number of nitrogens with zero attached hydrogens (tertiary/aromatic N) is 2. The second-order valence-corrected chi connectivity index (χ2v) is 5.95. The Hall–Kier alpha value is -0.810. The second-order valence-electron chi connectivity index (χ2n) is 5.55. The predicted octanol–water partition coefficient (Wildman–Crippen LogP) is 1.98. The van der Waals surface area contributed by atoms with E-state index < -0.39 is 0 Å². The summed E-state index contributed by atoms with van der Waals surface area (Å²) in [5, 5.41) is 0.645. The third-order valence-corrected chi connectivity index (χ3v) is 4.45. The Morgan fingerprint density at radius 3 is 2.75 bits per heavy atom. The summed E-state index contributed by atoms with van der Waals surface area (Å²) in [6.07, 6.45) is 1.19. The first-order valence-electron chi connectivity index (χ1n) is 7.00. The van der Waals surface area contributed by atoms with Crippen LogP contribution in [0.2, 0.25) is 5.02 Å². The van der Waals surface area contributed by atoms with Crippen molar-refractivity contribution in [2.75, 3.05) is 40.8 Å². The molecule has 1 aliphatic heterocycles. The minimum absolute atomic E-state index is 0.225. The first-order chi connectivity index (χ1) is 9.56. The van der Waals surface area contributed by atoms with Crippen LogP contribution < -0.4 is 10.5 Å². The molecule has 2 rings (SSSR count). The van der Waals surface area contributed by atoms with Crippen LogP contribution in [0, 0.1) is 0 Å². The lowest BCUT2D eigenvalue weighted by molar-refractivity contribution is 0.220. The summed E-state index contributed by atoms with van der Waals surface area (Å²) in [7, 11) is 5.90. The van der Waals surface area contributed by atoms with Gasteiger partial charge >= 0.3 is 0 Å². The third-order valence-electron chi connectivity index (χ3n) is 4.15. The highest BCUT2D eigenvalue weighted by Crippen LogP contribution is 2.31. The second kappa shape index (κ2) is 6.76. The monoisotopic (exact) mass is 297 g/mol. The highest BCUT2D eigenvalue weighted by molar-refractivity contribution is 6.32. The number of rotatable bonds is 5. The maximum atomic E-state index is 6.22. The van der Waals surface area contributed by atoms with Gasteiger partial charge in [-0.2, -0.15) is 0 Å². The third kappa shape index (κ3) is 3.26. The quantitative estimate of drug-likeness (QED) is 0.902. The largest absolute Gasteiger partial charge is 0.495 e. The van der Waals surface area contributed by atoms with E-state index >= 15 is 0 Å². The van der Waals surface area contributed by atoms with E-state index in [0.29, 0.717) is 23.4 Å². The average molecular weight is 298 g/mol. The SMILES string of the molecule is COc1ccc(C(CN)N2CCC(N(C)C)C2)cc1Cl. The van der Waals surface area contributed by atoms with Crippen molar-refractivity contribution < 1.29 is 4.74 Å². The number of likely N-dealkylation sites (N-methyl/N-ethyl adjacent to an activating group) is 1. The molecule has 4 nitrogen and oxygen atoms in total. The van der Waals surface area contributed by atoms with Gasteiger partial charge in [0, 0.05) is 31.7 Å². The first kappa shape index (κ1) is 15.6. The lowest BCUT2D eigenvalue weighted by atomic mass is 10.1. The Kier molecular flexibility index (Phi) is 5.27. The van der Waals surface area contributed by atoms with E-state index in [1.165, 1.54) is 6.42 Å². The molecule has 2 atom stereocenters. The van der Waals surface area contributed by atoms with Crippen molar-refractivity contribution in [3.05, 3.63) is 28.8 Å². The van der Waals surface area contributed by atoms with E-state index in [2.05, 4.69) is 30.0 Å². The van der Waals surface area contributed by atoms with Gasteiger partial charge in [0.25, 0.3) is 0 Å². The van der Waals surface area contributed by atoms with Gasteiger partial charge < -0.3 is 15.4 Å². The molecule has 2 unspecified atom stereocenters. The zero-order valence-electron chi connectivity index (χ0n) is 12.5. The van der Waals surface area contributed by atoms with Crippen molar-refractivity contribution >= 4 is 11.6 Å². The Balaban J connectivity index is 2.14. The van der Waals surface area contributed by atoms with Gasteiger partial charge in [-0.05, 0) is 38.2 Å². The molecule has 1 aliphatic rings. The van der Waals surface area contributed by atoms with Gasteiger partial charge in [-0.1, -0.05) is 17.7 Å². The van der Waals surface area contributed by atoms with Gasteiger partial charge in [0.15, 0.2) is 0 Å². The molecule has 0 saturated carbocycles. The minimum Gasteiger partial charge on any atom is -0.495 e. The van der Waals surface area contributed by atoms with Crippen molar-refractivity contribution in [3.8, 4) is 5.75 Å². The standard InChI is InChI=1S/C15H24ClN3O/c1-18(2)12-6-7-19(10-12)14(9-17)11-4-5-15(20-3)13(16)8-11/h4-5,8,12,14H,6-7,9-10,17H2,1-3H3. The molecular weight excluding hydrogens is 274 g/mol. The first-order valence-corrected chi connectivity index (χ1v) is 7.38. The van der Waals surface area contributed by atoms with Crippen LogP contribution in [0.15, 0.2) is 18.2 Å². The zero-order valence-corrected chi connectivity index (χ0v) is 13.2. The Bertz CT molecular complexity index is 453. The van der Waals surface area contributed by atoms with E-state index in [1.54, 1.807) is 7.11 Å². The number of halogens is 1. The molecule has 2 N–H and O–H groups in total. The van der Waals surface area contributed by atoms with Gasteiger partial charge in [-0.15, -0.1) is 0 Å². The van der Waals surface area contributed by atoms with Gasteiger partial charge in [-0.25, -0.2) is 0 Å². The molecule has 20 heavy (non-hydrogen) atoms. The van der Waals surface area contributed by atoms with Crippen LogP contribution in [0.4, 0.5) is 0 Å². The van der Waals surface area contributed by atoms with E-state index in [4.69, 9.17) is 22.1 Å². The van der Waals surface area contributed by atoms with Crippen molar-refractivity contribution in [2.24, 2.45) is 5.73 Å². The summed E-state index contributed by atoms with van der Waals surface area (Å²) in [4.78, 5) is 4.73. The Morgan fingerprint density at radius 1 is 1.50 bits per heavy atom. The van der Waals surface area contributed by atoms with E-state index in [9.17, 15) is 0 Å². The molecule has 1 aromatic rings. The van der Waals surface area contributed by atoms with E-state index in [1.807, 2.05) is 12.1 Å². The Labute approximate surface area is 126 Å². The van der Waals surface area contributed by atoms with Gasteiger partial charge in [-0.3, -0.25) is 4.90 Å². The minimum atomic E-state index is 0.225. The number of nitrogens with two attached hydrogens (primary N) is 1. The molecule has 0 spiro atoms. The topological polar surface area (TPSA) is 41.7 Å². The summed E-state index contributed by atoms with van der Waals surface area (Å²) in [5.74, 6) is 0.707. The van der Waals surface area contributed by atoms with Crippen LogP contribution in [0.5, 0.6) is 5.75 Å². The molecule has 1 saturated heterocycles. The smallest absolute Gasteiger partial charge is 0.137 e. The van der Waals surface area contributed by atoms with Gasteiger partial charge in [0.1, 0.15) is 5.75 Å². The highest BCUT2D eigenvalue weighted by atomic mass is 35.5. The molecule has 0 radical (unpaired) electrons. The number of hydrogen-bond donors (Lipinski definition) is 1. The van der Waals surface area contributed by atoms with Crippen LogP contribution in [-0.2, 0) is 0 Å². The molecular formula is C15H24ClN3O. The molecule has 1 fully saturated rings. The molecule has 0 amide bonds. The fraction of sp³-hybridized carbons (Fsp3) is 0.600. The van der Waals surface area contributed by atoms with Crippen molar-refractivity contribution in [2.45, 2.75) is 18.5 Å². The fourth-order valence-electron chi connectivity index (χ4n) is 2.86. The van der Waals surface area contributed by atoms with Crippen LogP contribution in [0.3, 0.4) is 0 Å². The number of benzene rings is 1. The van der Waals surface area contributed by atoms with Gasteiger partial charge in [0.2, 0.25) is 0 Å². The van der Waals surface area contributed by atoms with Crippen LogP contribution in [0.1, 0.15) is 18.0 Å². The van der Waals surface area contributed by atoms with Crippen molar-refractivity contribution in [3.63, 3.8) is 0 Å². The molecule has 5 heteroatoms. The summed E-state index contributed by atoms with van der Waals surface area (Å²) in [6.45, 7) is 2.73. The number of methoxy groups -OCH3 is 1. The normalized spacial score (nSPS) is 21.4. The molecule has 1 heterocycles.